The number of carbonyl (C=O) groups is 1. The summed E-state index contributed by atoms with van der Waals surface area (Å²) in [7, 11) is 1.90. The van der Waals surface area contributed by atoms with Gasteiger partial charge in [-0.25, -0.2) is 9.97 Å². The van der Waals surface area contributed by atoms with E-state index in [0.29, 0.717) is 29.8 Å². The summed E-state index contributed by atoms with van der Waals surface area (Å²) in [5.41, 5.74) is 2.46. The van der Waals surface area contributed by atoms with Crippen LogP contribution in [0.5, 0.6) is 0 Å². The fourth-order valence-corrected chi connectivity index (χ4v) is 2.59. The number of amides is 1. The Bertz CT molecular complexity index is 868. The van der Waals surface area contributed by atoms with E-state index < -0.39 is 0 Å². The topological polar surface area (TPSA) is 58.1 Å². The lowest BCUT2D eigenvalue weighted by molar-refractivity contribution is 0.0946. The molecule has 0 aliphatic carbocycles. The molecule has 1 amide bonds. The summed E-state index contributed by atoms with van der Waals surface area (Å²) in [4.78, 5) is 22.9. The van der Waals surface area contributed by atoms with Gasteiger partial charge in [0.25, 0.3) is 5.91 Å². The van der Waals surface area contributed by atoms with Gasteiger partial charge in [0.2, 0.25) is 5.95 Å². The molecule has 0 spiro atoms. The van der Waals surface area contributed by atoms with Crippen molar-refractivity contribution in [2.24, 2.45) is 0 Å². The van der Waals surface area contributed by atoms with E-state index in [1.54, 1.807) is 24.4 Å². The zero-order valence-corrected chi connectivity index (χ0v) is 15.1. The number of hydrogen-bond donors (Lipinski definition) is 1. The molecule has 0 bridgehead atoms. The van der Waals surface area contributed by atoms with E-state index in [4.69, 9.17) is 11.6 Å². The van der Waals surface area contributed by atoms with Crippen molar-refractivity contribution in [1.29, 1.82) is 0 Å². The lowest BCUT2D eigenvalue weighted by atomic mass is 10.2. The molecule has 0 radical (unpaired) electrons. The first-order valence-corrected chi connectivity index (χ1v) is 8.60. The molecular formula is C20H19ClN4O. The molecule has 1 aromatic heterocycles. The average Bonchev–Trinajstić information content (AvgIpc) is 2.68. The first-order valence-electron chi connectivity index (χ1n) is 8.22. The molecule has 0 unspecified atom stereocenters. The number of hydrogen-bond acceptors (Lipinski definition) is 4. The molecule has 0 aliphatic rings. The molecule has 26 heavy (non-hydrogen) atoms. The van der Waals surface area contributed by atoms with Crippen molar-refractivity contribution in [2.75, 3.05) is 11.9 Å². The minimum Gasteiger partial charge on any atom is -0.347 e. The number of rotatable bonds is 6. The summed E-state index contributed by atoms with van der Waals surface area (Å²) in [5, 5.41) is 3.53. The van der Waals surface area contributed by atoms with Crippen LogP contribution < -0.4 is 10.2 Å². The number of carbonyl (C=O) groups excluding carboxylic acids is 1. The fraction of sp³-hybridized carbons (Fsp3) is 0.150. The molecule has 2 aromatic carbocycles. The molecule has 0 saturated heterocycles. The molecule has 1 heterocycles. The number of nitrogens with one attached hydrogen (secondary N) is 1. The number of nitrogens with zero attached hydrogens (tertiary/aromatic N) is 3. The van der Waals surface area contributed by atoms with Gasteiger partial charge in [-0.15, -0.1) is 0 Å². The van der Waals surface area contributed by atoms with Crippen LogP contribution in [0.2, 0.25) is 5.02 Å². The number of anilines is 1. The van der Waals surface area contributed by atoms with E-state index in [0.717, 1.165) is 11.1 Å². The van der Waals surface area contributed by atoms with E-state index in [2.05, 4.69) is 15.3 Å². The molecule has 0 aliphatic heterocycles. The van der Waals surface area contributed by atoms with Crippen molar-refractivity contribution in [3.8, 4) is 0 Å². The Labute approximate surface area is 157 Å². The van der Waals surface area contributed by atoms with Crippen LogP contribution in [0.1, 0.15) is 21.6 Å². The fourth-order valence-electron chi connectivity index (χ4n) is 2.46. The monoisotopic (exact) mass is 366 g/mol. The van der Waals surface area contributed by atoms with Crippen molar-refractivity contribution in [3.63, 3.8) is 0 Å². The number of benzene rings is 2. The van der Waals surface area contributed by atoms with Crippen LogP contribution in [-0.4, -0.2) is 22.9 Å². The molecule has 6 heteroatoms. The predicted molar refractivity (Wildman–Crippen MR) is 103 cm³/mol. The van der Waals surface area contributed by atoms with E-state index in [1.807, 2.05) is 54.4 Å². The van der Waals surface area contributed by atoms with E-state index in [9.17, 15) is 4.79 Å². The summed E-state index contributed by atoms with van der Waals surface area (Å²) in [5.74, 6) is 0.268. The molecule has 1 N–H and O–H groups in total. The van der Waals surface area contributed by atoms with Gasteiger partial charge in [0.15, 0.2) is 0 Å². The van der Waals surface area contributed by atoms with Gasteiger partial charge >= 0.3 is 0 Å². The maximum absolute atomic E-state index is 12.4. The van der Waals surface area contributed by atoms with E-state index in [-0.39, 0.29) is 5.91 Å². The summed E-state index contributed by atoms with van der Waals surface area (Å²) >= 11 is 5.87. The Morgan fingerprint density at radius 3 is 2.50 bits per heavy atom. The van der Waals surface area contributed by atoms with E-state index in [1.165, 1.54) is 0 Å². The SMILES string of the molecule is CN(Cc1ccccc1)c1nccc(C(=O)NCc2ccc(Cl)cc2)n1. The van der Waals surface area contributed by atoms with E-state index >= 15 is 0 Å². The Kier molecular flexibility index (Phi) is 5.81. The van der Waals surface area contributed by atoms with Crippen LogP contribution in [-0.2, 0) is 13.1 Å². The summed E-state index contributed by atoms with van der Waals surface area (Å²) in [6.07, 6.45) is 1.60. The second-order valence-corrected chi connectivity index (χ2v) is 6.33. The van der Waals surface area contributed by atoms with Gasteiger partial charge in [0.05, 0.1) is 0 Å². The average molecular weight is 367 g/mol. The third-order valence-corrected chi connectivity index (χ3v) is 4.10. The van der Waals surface area contributed by atoms with Crippen LogP contribution in [0.4, 0.5) is 5.95 Å². The van der Waals surface area contributed by atoms with Crippen LogP contribution in [0.15, 0.2) is 66.9 Å². The van der Waals surface area contributed by atoms with Crippen molar-refractivity contribution >= 4 is 23.5 Å². The first-order chi connectivity index (χ1) is 12.6. The zero-order valence-electron chi connectivity index (χ0n) is 14.4. The molecule has 0 atom stereocenters. The Morgan fingerprint density at radius 1 is 1.04 bits per heavy atom. The second-order valence-electron chi connectivity index (χ2n) is 5.89. The Balaban J connectivity index is 1.64. The highest BCUT2D eigenvalue weighted by Gasteiger charge is 2.11. The second kappa shape index (κ2) is 8.45. The molecule has 132 valence electrons. The lowest BCUT2D eigenvalue weighted by Crippen LogP contribution is -2.25. The van der Waals surface area contributed by atoms with Crippen LogP contribution in [0.3, 0.4) is 0 Å². The molecule has 5 nitrogen and oxygen atoms in total. The van der Waals surface area contributed by atoms with Gasteiger partial charge in [-0.1, -0.05) is 54.1 Å². The molecule has 0 saturated carbocycles. The number of aromatic nitrogens is 2. The minimum absolute atomic E-state index is 0.239. The summed E-state index contributed by atoms with van der Waals surface area (Å²) in [6.45, 7) is 1.08. The Morgan fingerprint density at radius 2 is 1.77 bits per heavy atom. The maximum Gasteiger partial charge on any atom is 0.270 e. The van der Waals surface area contributed by atoms with Crippen molar-refractivity contribution in [1.82, 2.24) is 15.3 Å². The lowest BCUT2D eigenvalue weighted by Gasteiger charge is -2.17. The standard InChI is InChI=1S/C20H19ClN4O/c1-25(14-16-5-3-2-4-6-16)20-22-12-11-18(24-20)19(26)23-13-15-7-9-17(21)10-8-15/h2-12H,13-14H2,1H3,(H,23,26). The van der Waals surface area contributed by atoms with Crippen LogP contribution in [0.25, 0.3) is 0 Å². The van der Waals surface area contributed by atoms with Crippen molar-refractivity contribution in [3.05, 3.63) is 88.7 Å². The third-order valence-electron chi connectivity index (χ3n) is 3.85. The van der Waals surface area contributed by atoms with Gasteiger partial charge in [-0.2, -0.15) is 0 Å². The molecule has 0 fully saturated rings. The number of halogens is 1. The van der Waals surface area contributed by atoms with Gasteiger partial charge in [0, 0.05) is 31.4 Å². The summed E-state index contributed by atoms with van der Waals surface area (Å²) < 4.78 is 0. The first kappa shape index (κ1) is 17.9. The van der Waals surface area contributed by atoms with Crippen LogP contribution in [0, 0.1) is 0 Å². The normalized spacial score (nSPS) is 10.4. The highest BCUT2D eigenvalue weighted by molar-refractivity contribution is 6.30. The molecular weight excluding hydrogens is 348 g/mol. The Hall–Kier alpha value is -2.92. The van der Waals surface area contributed by atoms with Gasteiger partial charge in [-0.05, 0) is 29.3 Å². The van der Waals surface area contributed by atoms with Gasteiger partial charge < -0.3 is 10.2 Å². The van der Waals surface area contributed by atoms with Crippen molar-refractivity contribution < 1.29 is 4.79 Å². The minimum atomic E-state index is -0.239. The third kappa shape index (κ3) is 4.80. The highest BCUT2D eigenvalue weighted by atomic mass is 35.5. The predicted octanol–water partition coefficient (Wildman–Crippen LogP) is 3.70. The quantitative estimate of drug-likeness (QED) is 0.722. The highest BCUT2D eigenvalue weighted by Crippen LogP contribution is 2.11. The van der Waals surface area contributed by atoms with Crippen molar-refractivity contribution in [2.45, 2.75) is 13.1 Å². The van der Waals surface area contributed by atoms with Crippen LogP contribution >= 0.6 is 11.6 Å². The maximum atomic E-state index is 12.4. The largest absolute Gasteiger partial charge is 0.347 e. The molecule has 3 rings (SSSR count). The van der Waals surface area contributed by atoms with Gasteiger partial charge in [-0.3, -0.25) is 4.79 Å². The summed E-state index contributed by atoms with van der Waals surface area (Å²) in [6, 6.07) is 19.0. The smallest absolute Gasteiger partial charge is 0.270 e. The zero-order chi connectivity index (χ0) is 18.4. The van der Waals surface area contributed by atoms with Gasteiger partial charge in [0.1, 0.15) is 5.69 Å². The molecule has 3 aromatic rings.